The Labute approximate surface area is 209 Å². The number of benzene rings is 2. The van der Waals surface area contributed by atoms with E-state index < -0.39 is 17.8 Å². The van der Waals surface area contributed by atoms with Crippen molar-refractivity contribution >= 4 is 24.1 Å². The molecule has 0 saturated heterocycles. The molecule has 0 atom stereocenters. The van der Waals surface area contributed by atoms with Gasteiger partial charge >= 0.3 is 12.2 Å². The molecule has 0 aliphatic rings. The van der Waals surface area contributed by atoms with Crippen LogP contribution >= 0.6 is 0 Å². The van der Waals surface area contributed by atoms with Gasteiger partial charge in [-0.05, 0) is 48.7 Å². The lowest BCUT2D eigenvalue weighted by Crippen LogP contribution is -2.48. The van der Waals surface area contributed by atoms with Crippen LogP contribution in [0.2, 0.25) is 0 Å². The summed E-state index contributed by atoms with van der Waals surface area (Å²) in [5.41, 5.74) is -0.0131. The van der Waals surface area contributed by atoms with E-state index in [0.717, 1.165) is 43.4 Å². The number of urea groups is 1. The van der Waals surface area contributed by atoms with Crippen LogP contribution in [-0.2, 0) is 17.4 Å². The number of nitrogens with zero attached hydrogens (tertiary/aromatic N) is 3. The quantitative estimate of drug-likeness (QED) is 0.186. The van der Waals surface area contributed by atoms with Crippen molar-refractivity contribution in [2.75, 3.05) is 27.2 Å². The van der Waals surface area contributed by atoms with Gasteiger partial charge in [0.1, 0.15) is 5.75 Å². The van der Waals surface area contributed by atoms with Crippen LogP contribution in [0.1, 0.15) is 43.7 Å². The van der Waals surface area contributed by atoms with Crippen molar-refractivity contribution in [1.29, 1.82) is 0 Å². The van der Waals surface area contributed by atoms with E-state index in [1.807, 2.05) is 12.1 Å². The summed E-state index contributed by atoms with van der Waals surface area (Å²) in [5, 5.41) is 2.60. The van der Waals surface area contributed by atoms with Gasteiger partial charge in [-0.2, -0.15) is 13.2 Å². The second kappa shape index (κ2) is 14.1. The van der Waals surface area contributed by atoms with E-state index in [9.17, 15) is 22.8 Å². The maximum Gasteiger partial charge on any atom is 0.416 e. The number of rotatable bonds is 11. The summed E-state index contributed by atoms with van der Waals surface area (Å²) < 4.78 is 44.7. The number of guanidine groups is 1. The normalized spacial score (nSPS) is 11.7. The monoisotopic (exact) mass is 506 g/mol. The summed E-state index contributed by atoms with van der Waals surface area (Å²) in [7, 11) is 3.18. The van der Waals surface area contributed by atoms with E-state index in [2.05, 4.69) is 17.2 Å². The Kier molecular flexibility index (Phi) is 11.2. The highest BCUT2D eigenvalue weighted by Crippen LogP contribution is 2.31. The SMILES string of the molecule is CCCCCCN(C)C(=O)NC(=Nc1cccc(C(F)(F)F)c1)N(C=O)CCc1ccc(OC)cc1. The van der Waals surface area contributed by atoms with E-state index in [1.165, 1.54) is 21.9 Å². The first-order chi connectivity index (χ1) is 17.2. The van der Waals surface area contributed by atoms with Crippen LogP contribution in [0.15, 0.2) is 53.5 Å². The number of ether oxygens (including phenoxy) is 1. The lowest BCUT2D eigenvalue weighted by molar-refractivity contribution is -0.137. The minimum atomic E-state index is -4.55. The van der Waals surface area contributed by atoms with E-state index in [1.54, 1.807) is 26.3 Å². The zero-order valence-electron chi connectivity index (χ0n) is 20.8. The second-order valence-electron chi connectivity index (χ2n) is 8.29. The maximum absolute atomic E-state index is 13.2. The van der Waals surface area contributed by atoms with Gasteiger partial charge in [-0.25, -0.2) is 9.79 Å². The topological polar surface area (TPSA) is 74.2 Å². The summed E-state index contributed by atoms with van der Waals surface area (Å²) in [6.07, 6.45) is 0.277. The van der Waals surface area contributed by atoms with E-state index >= 15 is 0 Å². The minimum absolute atomic E-state index is 0.0398. The highest BCUT2D eigenvalue weighted by Gasteiger charge is 2.30. The van der Waals surface area contributed by atoms with Crippen LogP contribution in [-0.4, -0.2) is 55.4 Å². The van der Waals surface area contributed by atoms with Crippen LogP contribution in [0.3, 0.4) is 0 Å². The Balaban J connectivity index is 2.26. The predicted octanol–water partition coefficient (Wildman–Crippen LogP) is 5.62. The molecule has 1 N–H and O–H groups in total. The molecule has 0 aliphatic carbocycles. The molecule has 0 heterocycles. The maximum atomic E-state index is 13.2. The summed E-state index contributed by atoms with van der Waals surface area (Å²) >= 11 is 0. The number of halogens is 3. The van der Waals surface area contributed by atoms with Crippen molar-refractivity contribution in [2.45, 2.75) is 45.2 Å². The van der Waals surface area contributed by atoms with Gasteiger partial charge < -0.3 is 9.64 Å². The molecule has 0 spiro atoms. The zero-order chi connectivity index (χ0) is 26.6. The van der Waals surface area contributed by atoms with Crippen molar-refractivity contribution in [2.24, 2.45) is 4.99 Å². The molecule has 7 nitrogen and oxygen atoms in total. The van der Waals surface area contributed by atoms with Gasteiger partial charge in [0, 0.05) is 20.1 Å². The molecule has 3 amide bonds. The first kappa shape index (κ1) is 28.7. The molecule has 2 rings (SSSR count). The molecule has 0 radical (unpaired) electrons. The molecule has 36 heavy (non-hydrogen) atoms. The Bertz CT molecular complexity index is 1010. The number of aliphatic imine (C=N–C) groups is 1. The van der Waals surface area contributed by atoms with Crippen LogP contribution in [0.5, 0.6) is 5.75 Å². The Hall–Kier alpha value is -3.56. The van der Waals surface area contributed by atoms with Crippen molar-refractivity contribution < 1.29 is 27.5 Å². The molecule has 0 aromatic heterocycles. The lowest BCUT2D eigenvalue weighted by Gasteiger charge is -2.23. The highest BCUT2D eigenvalue weighted by molar-refractivity contribution is 6.01. The summed E-state index contributed by atoms with van der Waals surface area (Å²) in [4.78, 5) is 31.6. The van der Waals surface area contributed by atoms with Gasteiger partial charge in [-0.15, -0.1) is 0 Å². The fourth-order valence-corrected chi connectivity index (χ4v) is 3.36. The molecule has 0 saturated carbocycles. The Morgan fingerprint density at radius 2 is 1.81 bits per heavy atom. The number of methoxy groups -OCH3 is 1. The van der Waals surface area contributed by atoms with Crippen LogP contribution < -0.4 is 10.1 Å². The molecule has 2 aromatic carbocycles. The first-order valence-corrected chi connectivity index (χ1v) is 11.8. The third-order valence-electron chi connectivity index (χ3n) is 5.52. The third-order valence-corrected chi connectivity index (χ3v) is 5.52. The number of hydrogen-bond acceptors (Lipinski definition) is 4. The molecule has 0 bridgehead atoms. The average molecular weight is 507 g/mol. The van der Waals surface area contributed by atoms with Crippen molar-refractivity contribution in [3.63, 3.8) is 0 Å². The van der Waals surface area contributed by atoms with Crippen LogP contribution in [0.25, 0.3) is 0 Å². The summed E-state index contributed by atoms with van der Waals surface area (Å²) in [6, 6.07) is 11.2. The molecule has 0 unspecified atom stereocenters. The number of carbonyl (C=O) groups excluding carboxylic acids is 2. The van der Waals surface area contributed by atoms with Crippen LogP contribution in [0.4, 0.5) is 23.7 Å². The van der Waals surface area contributed by atoms with E-state index in [0.29, 0.717) is 25.1 Å². The van der Waals surface area contributed by atoms with Gasteiger partial charge in [-0.3, -0.25) is 15.0 Å². The highest BCUT2D eigenvalue weighted by atomic mass is 19.4. The zero-order valence-corrected chi connectivity index (χ0v) is 20.8. The van der Waals surface area contributed by atoms with Gasteiger partial charge in [0.25, 0.3) is 0 Å². The first-order valence-electron chi connectivity index (χ1n) is 11.8. The van der Waals surface area contributed by atoms with Gasteiger partial charge in [-0.1, -0.05) is 44.4 Å². The fraction of sp³-hybridized carbons (Fsp3) is 0.423. The van der Waals surface area contributed by atoms with Gasteiger partial charge in [0.05, 0.1) is 18.4 Å². The number of hydrogen-bond donors (Lipinski definition) is 1. The molecular weight excluding hydrogens is 473 g/mol. The predicted molar refractivity (Wildman–Crippen MR) is 133 cm³/mol. The number of nitrogens with one attached hydrogen (secondary N) is 1. The molecule has 10 heteroatoms. The standard InChI is InChI=1S/C26H33F3N4O3/c1-4-5-6-7-16-32(2)25(35)31-24(30-22-10-8-9-21(18-22)26(27,28)29)33(19-34)17-15-20-11-13-23(36-3)14-12-20/h8-14,18-19H,4-7,15-17H2,1-3H3,(H,30,31,35). The molecular formula is C26H33F3N4O3. The third kappa shape index (κ3) is 9.24. The number of alkyl halides is 3. The summed E-state index contributed by atoms with van der Waals surface area (Å²) in [5.74, 6) is 0.537. The van der Waals surface area contributed by atoms with E-state index in [4.69, 9.17) is 4.74 Å². The number of unbranched alkanes of at least 4 members (excludes halogenated alkanes) is 3. The van der Waals surface area contributed by atoms with Crippen molar-refractivity contribution in [1.82, 2.24) is 15.1 Å². The van der Waals surface area contributed by atoms with Crippen molar-refractivity contribution in [3.8, 4) is 5.75 Å². The average Bonchev–Trinajstić information content (AvgIpc) is 2.86. The van der Waals surface area contributed by atoms with Gasteiger partial charge in [0.2, 0.25) is 12.4 Å². The number of amides is 3. The Morgan fingerprint density at radius 3 is 2.42 bits per heavy atom. The summed E-state index contributed by atoms with van der Waals surface area (Å²) in [6.45, 7) is 2.73. The molecule has 0 aliphatic heterocycles. The molecule has 0 fully saturated rings. The lowest BCUT2D eigenvalue weighted by atomic mass is 10.1. The molecule has 196 valence electrons. The smallest absolute Gasteiger partial charge is 0.416 e. The number of carbonyl (C=O) groups is 2. The van der Waals surface area contributed by atoms with Crippen LogP contribution in [0, 0.1) is 0 Å². The largest absolute Gasteiger partial charge is 0.497 e. The van der Waals surface area contributed by atoms with Crippen molar-refractivity contribution in [3.05, 3.63) is 59.7 Å². The Morgan fingerprint density at radius 1 is 1.08 bits per heavy atom. The fourth-order valence-electron chi connectivity index (χ4n) is 3.36. The molecule has 2 aromatic rings. The van der Waals surface area contributed by atoms with Gasteiger partial charge in [0.15, 0.2) is 0 Å². The second-order valence-corrected chi connectivity index (χ2v) is 8.29. The minimum Gasteiger partial charge on any atom is -0.497 e. The van der Waals surface area contributed by atoms with E-state index in [-0.39, 0.29) is 18.2 Å².